The number of hydrogen-bond donors (Lipinski definition) is 1. The van der Waals surface area contributed by atoms with Crippen LogP contribution in [0.3, 0.4) is 0 Å². The summed E-state index contributed by atoms with van der Waals surface area (Å²) in [7, 11) is 1.67. The second kappa shape index (κ2) is 8.42. The first-order valence-corrected chi connectivity index (χ1v) is 10.4. The van der Waals surface area contributed by atoms with Gasteiger partial charge in [-0.15, -0.1) is 11.3 Å². The first-order valence-electron chi connectivity index (χ1n) is 9.60. The van der Waals surface area contributed by atoms with E-state index < -0.39 is 0 Å². The highest BCUT2D eigenvalue weighted by Gasteiger charge is 2.24. The molecule has 1 aromatic heterocycles. The molecule has 2 heterocycles. The summed E-state index contributed by atoms with van der Waals surface area (Å²) < 4.78 is 10.8. The summed E-state index contributed by atoms with van der Waals surface area (Å²) in [5.74, 6) is 0.887. The lowest BCUT2D eigenvalue weighted by Gasteiger charge is -2.35. The van der Waals surface area contributed by atoms with Gasteiger partial charge in [0.05, 0.1) is 31.2 Å². The molecule has 5 nitrogen and oxygen atoms in total. The fourth-order valence-corrected chi connectivity index (χ4v) is 5.06. The highest BCUT2D eigenvalue weighted by molar-refractivity contribution is 7.14. The summed E-state index contributed by atoms with van der Waals surface area (Å²) in [5.41, 5.74) is 2.55. The zero-order valence-corrected chi connectivity index (χ0v) is 16.5. The Morgan fingerprint density at radius 3 is 2.74 bits per heavy atom. The van der Waals surface area contributed by atoms with E-state index >= 15 is 0 Å². The molecule has 1 aliphatic heterocycles. The number of carbonyl (C=O) groups is 1. The Balaban J connectivity index is 1.46. The fourth-order valence-electron chi connectivity index (χ4n) is 3.89. The summed E-state index contributed by atoms with van der Waals surface area (Å²) in [4.78, 5) is 17.3. The van der Waals surface area contributed by atoms with Gasteiger partial charge in [-0.3, -0.25) is 9.69 Å². The molecule has 1 saturated heterocycles. The third-order valence-corrected chi connectivity index (χ3v) is 6.65. The zero-order chi connectivity index (χ0) is 18.6. The number of benzene rings is 1. The minimum absolute atomic E-state index is 0.0428. The van der Waals surface area contributed by atoms with Crippen molar-refractivity contribution in [1.29, 1.82) is 0 Å². The van der Waals surface area contributed by atoms with Crippen LogP contribution in [-0.2, 0) is 17.6 Å². The molecule has 0 radical (unpaired) electrons. The first-order chi connectivity index (χ1) is 13.2. The van der Waals surface area contributed by atoms with Gasteiger partial charge in [0.2, 0.25) is 0 Å². The molecule has 0 spiro atoms. The van der Waals surface area contributed by atoms with E-state index in [1.54, 1.807) is 18.4 Å². The summed E-state index contributed by atoms with van der Waals surface area (Å²) in [5, 5.41) is 3.17. The van der Waals surface area contributed by atoms with Crippen LogP contribution in [0.5, 0.6) is 5.75 Å². The SMILES string of the molecule is COc1ccc(C(CNC(=O)c2cc3c(s2)CCC3)N2CCOCC2)cc1. The molecule has 2 aromatic rings. The molecule has 2 aliphatic rings. The number of rotatable bonds is 6. The Bertz CT molecular complexity index is 760. The Labute approximate surface area is 164 Å². The number of nitrogens with zero attached hydrogens (tertiary/aromatic N) is 1. The van der Waals surface area contributed by atoms with E-state index in [0.717, 1.165) is 49.8 Å². The first kappa shape index (κ1) is 18.5. The van der Waals surface area contributed by atoms with Gasteiger partial charge in [0.25, 0.3) is 5.91 Å². The van der Waals surface area contributed by atoms with Crippen LogP contribution in [0.4, 0.5) is 0 Å². The predicted octanol–water partition coefficient (Wildman–Crippen LogP) is 3.05. The fraction of sp³-hybridized carbons (Fsp3) is 0.476. The van der Waals surface area contributed by atoms with E-state index in [1.807, 2.05) is 12.1 Å². The zero-order valence-electron chi connectivity index (χ0n) is 15.7. The minimum atomic E-state index is 0.0428. The Kier molecular flexibility index (Phi) is 5.76. The highest BCUT2D eigenvalue weighted by Crippen LogP contribution is 2.31. The number of fused-ring (bicyclic) bond motifs is 1. The molecule has 1 N–H and O–H groups in total. The lowest BCUT2D eigenvalue weighted by molar-refractivity contribution is 0.0162. The molecule has 1 fully saturated rings. The maximum absolute atomic E-state index is 12.7. The summed E-state index contributed by atoms with van der Waals surface area (Å²) in [6.07, 6.45) is 3.45. The van der Waals surface area contributed by atoms with Crippen molar-refractivity contribution in [2.45, 2.75) is 25.3 Å². The van der Waals surface area contributed by atoms with Gasteiger partial charge in [-0.05, 0) is 48.6 Å². The average Bonchev–Trinajstić information content (AvgIpc) is 3.32. The van der Waals surface area contributed by atoms with E-state index in [-0.39, 0.29) is 11.9 Å². The number of methoxy groups -OCH3 is 1. The maximum atomic E-state index is 12.7. The second-order valence-electron chi connectivity index (χ2n) is 7.06. The van der Waals surface area contributed by atoms with Crippen LogP contribution in [0, 0.1) is 0 Å². The Hall–Kier alpha value is -1.89. The van der Waals surface area contributed by atoms with E-state index in [1.165, 1.54) is 22.4 Å². The minimum Gasteiger partial charge on any atom is -0.497 e. The lowest BCUT2D eigenvalue weighted by Crippen LogP contribution is -2.43. The molecule has 1 aromatic carbocycles. The molecule has 1 unspecified atom stereocenters. The standard InChI is InChI=1S/C21H26N2O3S/c1-25-17-7-5-15(6-8-17)18(23-9-11-26-12-10-23)14-22-21(24)20-13-16-3-2-4-19(16)27-20/h5-8,13,18H,2-4,9-12,14H2,1H3,(H,22,24). The molecule has 0 bridgehead atoms. The van der Waals surface area contributed by atoms with Crippen LogP contribution in [0.1, 0.15) is 38.1 Å². The molecule has 1 atom stereocenters. The molecule has 0 saturated carbocycles. The van der Waals surface area contributed by atoms with Gasteiger partial charge in [-0.2, -0.15) is 0 Å². The number of amides is 1. The molecular weight excluding hydrogens is 360 g/mol. The molecule has 4 rings (SSSR count). The largest absolute Gasteiger partial charge is 0.497 e. The van der Waals surface area contributed by atoms with Gasteiger partial charge in [0.1, 0.15) is 5.75 Å². The molecule has 6 heteroatoms. The van der Waals surface area contributed by atoms with Crippen molar-refractivity contribution in [3.63, 3.8) is 0 Å². The van der Waals surface area contributed by atoms with E-state index in [9.17, 15) is 4.79 Å². The Morgan fingerprint density at radius 1 is 1.26 bits per heavy atom. The van der Waals surface area contributed by atoms with Gasteiger partial charge >= 0.3 is 0 Å². The monoisotopic (exact) mass is 386 g/mol. The van der Waals surface area contributed by atoms with Crippen molar-refractivity contribution < 1.29 is 14.3 Å². The van der Waals surface area contributed by atoms with Gasteiger partial charge < -0.3 is 14.8 Å². The van der Waals surface area contributed by atoms with Crippen molar-refractivity contribution in [1.82, 2.24) is 10.2 Å². The summed E-state index contributed by atoms with van der Waals surface area (Å²) in [6.45, 7) is 3.81. The van der Waals surface area contributed by atoms with Crippen LogP contribution in [0.25, 0.3) is 0 Å². The summed E-state index contributed by atoms with van der Waals surface area (Å²) >= 11 is 1.66. The highest BCUT2D eigenvalue weighted by atomic mass is 32.1. The van der Waals surface area contributed by atoms with Crippen molar-refractivity contribution in [2.75, 3.05) is 40.0 Å². The lowest BCUT2D eigenvalue weighted by atomic mass is 10.0. The molecule has 1 amide bonds. The van der Waals surface area contributed by atoms with Crippen molar-refractivity contribution in [2.24, 2.45) is 0 Å². The number of thiophene rings is 1. The number of ether oxygens (including phenoxy) is 2. The smallest absolute Gasteiger partial charge is 0.261 e. The van der Waals surface area contributed by atoms with E-state index in [2.05, 4.69) is 28.4 Å². The van der Waals surface area contributed by atoms with Crippen LogP contribution >= 0.6 is 11.3 Å². The molecule has 27 heavy (non-hydrogen) atoms. The number of aryl methyl sites for hydroxylation is 2. The number of morpholine rings is 1. The molecule has 144 valence electrons. The number of nitrogens with one attached hydrogen (secondary N) is 1. The third kappa shape index (κ3) is 4.18. The van der Waals surface area contributed by atoms with E-state index in [0.29, 0.717) is 6.54 Å². The molecular formula is C21H26N2O3S. The topological polar surface area (TPSA) is 50.8 Å². The van der Waals surface area contributed by atoms with Crippen LogP contribution < -0.4 is 10.1 Å². The normalized spacial score (nSPS) is 18.1. The van der Waals surface area contributed by atoms with Crippen LogP contribution in [0.15, 0.2) is 30.3 Å². The van der Waals surface area contributed by atoms with Gasteiger partial charge in [0, 0.05) is 24.5 Å². The van der Waals surface area contributed by atoms with Crippen molar-refractivity contribution in [3.8, 4) is 5.75 Å². The quantitative estimate of drug-likeness (QED) is 0.829. The number of hydrogen-bond acceptors (Lipinski definition) is 5. The third-order valence-electron chi connectivity index (χ3n) is 5.41. The van der Waals surface area contributed by atoms with Crippen LogP contribution in [0.2, 0.25) is 0 Å². The van der Waals surface area contributed by atoms with Gasteiger partial charge in [-0.1, -0.05) is 12.1 Å². The van der Waals surface area contributed by atoms with Crippen molar-refractivity contribution >= 4 is 17.2 Å². The van der Waals surface area contributed by atoms with Crippen molar-refractivity contribution in [3.05, 3.63) is 51.2 Å². The summed E-state index contributed by atoms with van der Waals surface area (Å²) in [6, 6.07) is 10.4. The van der Waals surface area contributed by atoms with E-state index in [4.69, 9.17) is 9.47 Å². The second-order valence-corrected chi connectivity index (χ2v) is 8.20. The van der Waals surface area contributed by atoms with Crippen LogP contribution in [-0.4, -0.2) is 50.8 Å². The number of carbonyl (C=O) groups excluding carboxylic acids is 1. The molecule has 1 aliphatic carbocycles. The Morgan fingerprint density at radius 2 is 2.04 bits per heavy atom. The predicted molar refractivity (Wildman–Crippen MR) is 107 cm³/mol. The average molecular weight is 387 g/mol. The van der Waals surface area contributed by atoms with Gasteiger partial charge in [0.15, 0.2) is 0 Å². The van der Waals surface area contributed by atoms with Gasteiger partial charge in [-0.25, -0.2) is 0 Å². The maximum Gasteiger partial charge on any atom is 0.261 e.